The highest BCUT2D eigenvalue weighted by Crippen LogP contribution is 2.14. The van der Waals surface area contributed by atoms with Crippen molar-refractivity contribution < 1.29 is 4.42 Å². The van der Waals surface area contributed by atoms with E-state index in [1.807, 2.05) is 25.6 Å². The molecule has 2 heterocycles. The summed E-state index contributed by atoms with van der Waals surface area (Å²) in [7, 11) is 1.93. The molecule has 0 aliphatic rings. The van der Waals surface area contributed by atoms with Crippen LogP contribution < -0.4 is 5.32 Å². The van der Waals surface area contributed by atoms with Gasteiger partial charge in [0.05, 0.1) is 5.69 Å². The van der Waals surface area contributed by atoms with Gasteiger partial charge in [-0.1, -0.05) is 6.92 Å². The minimum absolute atomic E-state index is 0.531. The molecule has 0 amide bonds. The average Bonchev–Trinajstić information content (AvgIpc) is 2.90. The van der Waals surface area contributed by atoms with Crippen LogP contribution in [-0.4, -0.2) is 27.0 Å². The van der Waals surface area contributed by atoms with E-state index in [0.717, 1.165) is 24.4 Å². The zero-order valence-corrected chi connectivity index (χ0v) is 11.3. The average molecular weight is 249 g/mol. The summed E-state index contributed by atoms with van der Waals surface area (Å²) in [6.45, 7) is 7.42. The highest BCUT2D eigenvalue weighted by atomic mass is 16.4. The van der Waals surface area contributed by atoms with Crippen LogP contribution in [0.3, 0.4) is 0 Å². The normalized spacial score (nSPS) is 11.1. The fourth-order valence-electron chi connectivity index (χ4n) is 1.94. The Kier molecular flexibility index (Phi) is 3.76. The van der Waals surface area contributed by atoms with Gasteiger partial charge in [0.25, 0.3) is 0 Å². The van der Waals surface area contributed by atoms with Crippen molar-refractivity contribution in [2.75, 3.05) is 7.05 Å². The molecule has 0 unspecified atom stereocenters. The number of nitrogens with one attached hydrogen (secondary N) is 1. The van der Waals surface area contributed by atoms with E-state index in [4.69, 9.17) is 4.42 Å². The van der Waals surface area contributed by atoms with Gasteiger partial charge in [-0.2, -0.15) is 5.10 Å². The second-order valence-electron chi connectivity index (χ2n) is 4.28. The Labute approximate surface area is 106 Å². The van der Waals surface area contributed by atoms with Crippen molar-refractivity contribution in [2.24, 2.45) is 0 Å². The van der Waals surface area contributed by atoms with Crippen LogP contribution >= 0.6 is 0 Å². The second-order valence-corrected chi connectivity index (χ2v) is 4.28. The SMILES string of the molecule is CCc1nnc(Cn2nc(C)c(CNC)c2C)o1. The van der Waals surface area contributed by atoms with E-state index in [0.29, 0.717) is 18.3 Å². The lowest BCUT2D eigenvalue weighted by atomic mass is 10.2. The van der Waals surface area contributed by atoms with Crippen LogP contribution in [0, 0.1) is 13.8 Å². The molecule has 0 saturated heterocycles. The maximum Gasteiger partial charge on any atom is 0.237 e. The minimum atomic E-state index is 0.531. The third-order valence-corrected chi connectivity index (χ3v) is 2.98. The predicted molar refractivity (Wildman–Crippen MR) is 67.2 cm³/mol. The van der Waals surface area contributed by atoms with Crippen LogP contribution in [0.1, 0.15) is 35.7 Å². The van der Waals surface area contributed by atoms with Crippen LogP contribution in [-0.2, 0) is 19.5 Å². The molecule has 6 nitrogen and oxygen atoms in total. The van der Waals surface area contributed by atoms with Crippen molar-refractivity contribution in [2.45, 2.75) is 40.3 Å². The first-order valence-electron chi connectivity index (χ1n) is 6.14. The Hall–Kier alpha value is -1.69. The Morgan fingerprint density at radius 3 is 2.56 bits per heavy atom. The van der Waals surface area contributed by atoms with Crippen LogP contribution in [0.5, 0.6) is 0 Å². The number of aromatic nitrogens is 4. The molecular formula is C12H19N5O. The van der Waals surface area contributed by atoms with Gasteiger partial charge in [0.2, 0.25) is 11.8 Å². The first-order valence-corrected chi connectivity index (χ1v) is 6.14. The van der Waals surface area contributed by atoms with Crippen molar-refractivity contribution in [1.82, 2.24) is 25.3 Å². The highest BCUT2D eigenvalue weighted by molar-refractivity contribution is 5.24. The van der Waals surface area contributed by atoms with E-state index < -0.39 is 0 Å². The van der Waals surface area contributed by atoms with Gasteiger partial charge in [-0.25, -0.2) is 0 Å². The molecule has 2 rings (SSSR count). The summed E-state index contributed by atoms with van der Waals surface area (Å²) in [5.41, 5.74) is 3.41. The van der Waals surface area contributed by atoms with Gasteiger partial charge in [-0.05, 0) is 20.9 Å². The van der Waals surface area contributed by atoms with E-state index in [9.17, 15) is 0 Å². The van der Waals surface area contributed by atoms with E-state index >= 15 is 0 Å². The van der Waals surface area contributed by atoms with Crippen molar-refractivity contribution in [1.29, 1.82) is 0 Å². The molecule has 0 radical (unpaired) electrons. The third-order valence-electron chi connectivity index (χ3n) is 2.98. The number of hydrogen-bond donors (Lipinski definition) is 1. The highest BCUT2D eigenvalue weighted by Gasteiger charge is 2.13. The third kappa shape index (κ3) is 2.43. The summed E-state index contributed by atoms with van der Waals surface area (Å²) in [5, 5.41) is 15.6. The molecule has 0 fully saturated rings. The predicted octanol–water partition coefficient (Wildman–Crippen LogP) is 1.21. The topological polar surface area (TPSA) is 68.8 Å². The first kappa shape index (κ1) is 12.8. The van der Waals surface area contributed by atoms with Crippen molar-refractivity contribution in [3.63, 3.8) is 0 Å². The van der Waals surface area contributed by atoms with Gasteiger partial charge < -0.3 is 9.73 Å². The molecule has 0 aromatic carbocycles. The molecule has 0 spiro atoms. The molecule has 0 atom stereocenters. The van der Waals surface area contributed by atoms with E-state index in [2.05, 4.69) is 27.5 Å². The van der Waals surface area contributed by atoms with Gasteiger partial charge in [-0.3, -0.25) is 4.68 Å². The maximum absolute atomic E-state index is 5.50. The Balaban J connectivity index is 2.21. The maximum atomic E-state index is 5.50. The molecule has 6 heteroatoms. The first-order chi connectivity index (χ1) is 8.65. The van der Waals surface area contributed by atoms with E-state index in [1.165, 1.54) is 5.56 Å². The molecule has 2 aromatic heterocycles. The Morgan fingerprint density at radius 2 is 1.94 bits per heavy atom. The lowest BCUT2D eigenvalue weighted by Crippen LogP contribution is -2.08. The van der Waals surface area contributed by atoms with Gasteiger partial charge in [-0.15, -0.1) is 10.2 Å². The molecule has 0 aliphatic heterocycles. The van der Waals surface area contributed by atoms with Gasteiger partial charge in [0, 0.05) is 24.2 Å². The molecule has 1 N–H and O–H groups in total. The standard InChI is InChI=1S/C12H19N5O/c1-5-11-14-15-12(18-11)7-17-9(3)10(6-13-4)8(2)16-17/h13H,5-7H2,1-4H3. The molecule has 0 saturated carbocycles. The summed E-state index contributed by atoms with van der Waals surface area (Å²) in [6, 6.07) is 0. The van der Waals surface area contributed by atoms with Gasteiger partial charge in [0.15, 0.2) is 0 Å². The molecule has 18 heavy (non-hydrogen) atoms. The van der Waals surface area contributed by atoms with Gasteiger partial charge in [0.1, 0.15) is 6.54 Å². The lowest BCUT2D eigenvalue weighted by Gasteiger charge is -2.02. The van der Waals surface area contributed by atoms with Crippen molar-refractivity contribution in [3.8, 4) is 0 Å². The molecular weight excluding hydrogens is 230 g/mol. The van der Waals surface area contributed by atoms with Crippen LogP contribution in [0.4, 0.5) is 0 Å². The zero-order chi connectivity index (χ0) is 13.1. The molecule has 0 bridgehead atoms. The van der Waals surface area contributed by atoms with Crippen molar-refractivity contribution >= 4 is 0 Å². The lowest BCUT2D eigenvalue weighted by molar-refractivity contribution is 0.430. The van der Waals surface area contributed by atoms with Crippen LogP contribution in [0.25, 0.3) is 0 Å². The smallest absolute Gasteiger partial charge is 0.237 e. The Morgan fingerprint density at radius 1 is 1.22 bits per heavy atom. The molecule has 0 aliphatic carbocycles. The van der Waals surface area contributed by atoms with E-state index in [-0.39, 0.29) is 0 Å². The fourth-order valence-corrected chi connectivity index (χ4v) is 1.94. The number of hydrogen-bond acceptors (Lipinski definition) is 5. The number of rotatable bonds is 5. The minimum Gasteiger partial charge on any atom is -0.423 e. The van der Waals surface area contributed by atoms with Crippen molar-refractivity contribution in [3.05, 3.63) is 28.7 Å². The van der Waals surface area contributed by atoms with Gasteiger partial charge >= 0.3 is 0 Å². The molecule has 2 aromatic rings. The van der Waals surface area contributed by atoms with Crippen LogP contribution in [0.15, 0.2) is 4.42 Å². The molecule has 98 valence electrons. The largest absolute Gasteiger partial charge is 0.423 e. The fraction of sp³-hybridized carbons (Fsp3) is 0.583. The number of nitrogens with zero attached hydrogens (tertiary/aromatic N) is 4. The summed E-state index contributed by atoms with van der Waals surface area (Å²) >= 11 is 0. The summed E-state index contributed by atoms with van der Waals surface area (Å²) in [6.07, 6.45) is 0.759. The monoisotopic (exact) mass is 249 g/mol. The Bertz CT molecular complexity index is 529. The number of aryl methyl sites for hydroxylation is 2. The zero-order valence-electron chi connectivity index (χ0n) is 11.3. The van der Waals surface area contributed by atoms with E-state index in [1.54, 1.807) is 0 Å². The summed E-state index contributed by atoms with van der Waals surface area (Å²) in [5.74, 6) is 1.27. The summed E-state index contributed by atoms with van der Waals surface area (Å²) in [4.78, 5) is 0. The quantitative estimate of drug-likeness (QED) is 0.862. The van der Waals surface area contributed by atoms with Crippen LogP contribution in [0.2, 0.25) is 0 Å². The summed E-state index contributed by atoms with van der Waals surface area (Å²) < 4.78 is 7.41. The second kappa shape index (κ2) is 5.30.